The Kier molecular flexibility index (Phi) is 10.2. The Morgan fingerprint density at radius 3 is 2.40 bits per heavy atom. The fourth-order valence-corrected chi connectivity index (χ4v) is 1.02. The van der Waals surface area contributed by atoms with Gasteiger partial charge in [-0.05, 0) is 14.1 Å². The normalized spacial score (nSPS) is 10.3. The quantitative estimate of drug-likeness (QED) is 0.419. The Labute approximate surface area is 117 Å². The predicted molar refractivity (Wildman–Crippen MR) is 69.4 cm³/mol. The van der Waals surface area contributed by atoms with Crippen molar-refractivity contribution in [3.05, 3.63) is 0 Å². The maximum atomic E-state index is 11.2. The smallest absolute Gasteiger partial charge is 0.329 e. The summed E-state index contributed by atoms with van der Waals surface area (Å²) in [5.74, 6) is -1.89. The second-order valence-corrected chi connectivity index (χ2v) is 4.11. The lowest BCUT2D eigenvalue weighted by atomic mass is 10.6. The molecule has 0 unspecified atom stereocenters. The maximum absolute atomic E-state index is 11.2. The van der Waals surface area contributed by atoms with E-state index in [0.717, 1.165) is 6.54 Å². The molecule has 20 heavy (non-hydrogen) atoms. The second kappa shape index (κ2) is 11.1. The molecule has 9 heteroatoms. The molecule has 116 valence electrons. The Morgan fingerprint density at radius 1 is 1.10 bits per heavy atom. The number of hydrogen-bond donors (Lipinski definition) is 3. The van der Waals surface area contributed by atoms with Crippen LogP contribution in [0.1, 0.15) is 0 Å². The third-order valence-corrected chi connectivity index (χ3v) is 1.93. The van der Waals surface area contributed by atoms with E-state index in [1.807, 2.05) is 24.3 Å². The zero-order valence-corrected chi connectivity index (χ0v) is 11.7. The molecule has 0 radical (unpaired) electrons. The number of imide groups is 1. The number of hydrogen-bond acceptors (Lipinski definition) is 6. The summed E-state index contributed by atoms with van der Waals surface area (Å²) in [4.78, 5) is 34.4. The first-order chi connectivity index (χ1) is 9.41. The molecular weight excluding hydrogens is 270 g/mol. The van der Waals surface area contributed by atoms with Gasteiger partial charge in [0.05, 0.1) is 13.2 Å². The van der Waals surface area contributed by atoms with Gasteiger partial charge in [-0.25, -0.2) is 9.59 Å². The van der Waals surface area contributed by atoms with Crippen LogP contribution in [0.25, 0.3) is 0 Å². The Morgan fingerprint density at radius 2 is 1.80 bits per heavy atom. The van der Waals surface area contributed by atoms with Crippen LogP contribution >= 0.6 is 0 Å². The number of carbonyl (C=O) groups excluding carboxylic acids is 2. The van der Waals surface area contributed by atoms with Gasteiger partial charge >= 0.3 is 12.0 Å². The molecule has 0 saturated carbocycles. The summed E-state index contributed by atoms with van der Waals surface area (Å²) >= 11 is 0. The van der Waals surface area contributed by atoms with Crippen LogP contribution in [0.4, 0.5) is 4.79 Å². The molecule has 3 amide bonds. The van der Waals surface area contributed by atoms with Crippen LogP contribution in [-0.4, -0.2) is 81.5 Å². The fraction of sp³-hybridized carbons (Fsp3) is 0.727. The molecule has 0 heterocycles. The minimum atomic E-state index is -1.18. The van der Waals surface area contributed by atoms with E-state index in [1.54, 1.807) is 0 Å². The fourth-order valence-electron chi connectivity index (χ4n) is 1.02. The first-order valence-corrected chi connectivity index (χ1v) is 6.01. The molecular formula is C11H21N3O6. The first kappa shape index (κ1) is 18.3. The van der Waals surface area contributed by atoms with E-state index < -0.39 is 31.1 Å². The molecule has 0 aliphatic rings. The van der Waals surface area contributed by atoms with Crippen molar-refractivity contribution in [1.82, 2.24) is 15.5 Å². The zero-order chi connectivity index (χ0) is 15.4. The highest BCUT2D eigenvalue weighted by atomic mass is 16.5. The molecule has 0 aromatic heterocycles. The number of carboxylic acids is 1. The van der Waals surface area contributed by atoms with E-state index in [9.17, 15) is 14.4 Å². The van der Waals surface area contributed by atoms with E-state index in [-0.39, 0.29) is 6.54 Å². The summed E-state index contributed by atoms with van der Waals surface area (Å²) in [5.41, 5.74) is 0. The van der Waals surface area contributed by atoms with Crippen LogP contribution in [0.5, 0.6) is 0 Å². The van der Waals surface area contributed by atoms with Crippen molar-refractivity contribution in [3.8, 4) is 0 Å². The maximum Gasteiger partial charge on any atom is 0.329 e. The molecule has 0 rings (SSSR count). The minimum absolute atomic E-state index is 0.266. The van der Waals surface area contributed by atoms with Crippen molar-refractivity contribution in [3.63, 3.8) is 0 Å². The lowest BCUT2D eigenvalue weighted by Gasteiger charge is -2.10. The molecule has 0 atom stereocenters. The third-order valence-electron chi connectivity index (χ3n) is 1.93. The monoisotopic (exact) mass is 291 g/mol. The minimum Gasteiger partial charge on any atom is -0.480 e. The van der Waals surface area contributed by atoms with E-state index in [2.05, 4.69) is 10.1 Å². The molecule has 0 aromatic rings. The van der Waals surface area contributed by atoms with Gasteiger partial charge in [0.15, 0.2) is 0 Å². The van der Waals surface area contributed by atoms with Crippen LogP contribution in [0.3, 0.4) is 0 Å². The van der Waals surface area contributed by atoms with E-state index in [0.29, 0.717) is 13.2 Å². The van der Waals surface area contributed by atoms with Gasteiger partial charge in [-0.1, -0.05) is 0 Å². The Balaban J connectivity index is 3.48. The van der Waals surface area contributed by atoms with Crippen LogP contribution in [0.15, 0.2) is 0 Å². The number of carbonyl (C=O) groups is 3. The van der Waals surface area contributed by atoms with Gasteiger partial charge in [-0.15, -0.1) is 0 Å². The molecule has 9 nitrogen and oxygen atoms in total. The predicted octanol–water partition coefficient (Wildman–Crippen LogP) is -1.51. The SMILES string of the molecule is CN(C)CCOCCNC(=O)NC(=O)COCC(=O)O. The van der Waals surface area contributed by atoms with Crippen LogP contribution in [0.2, 0.25) is 0 Å². The average molecular weight is 291 g/mol. The number of nitrogens with zero attached hydrogens (tertiary/aromatic N) is 1. The average Bonchev–Trinajstić information content (AvgIpc) is 2.32. The molecule has 3 N–H and O–H groups in total. The van der Waals surface area contributed by atoms with E-state index in [4.69, 9.17) is 9.84 Å². The van der Waals surface area contributed by atoms with Gasteiger partial charge in [0, 0.05) is 13.1 Å². The van der Waals surface area contributed by atoms with Crippen molar-refractivity contribution >= 4 is 17.9 Å². The van der Waals surface area contributed by atoms with Gasteiger partial charge in [0.25, 0.3) is 5.91 Å². The first-order valence-electron chi connectivity index (χ1n) is 6.01. The topological polar surface area (TPSA) is 117 Å². The summed E-state index contributed by atoms with van der Waals surface area (Å²) in [6.07, 6.45) is 0. The molecule has 0 aliphatic carbocycles. The summed E-state index contributed by atoms with van der Waals surface area (Å²) in [6.45, 7) is 0.866. The summed E-state index contributed by atoms with van der Waals surface area (Å²) < 4.78 is 9.75. The lowest BCUT2D eigenvalue weighted by molar-refractivity contribution is -0.143. The van der Waals surface area contributed by atoms with Crippen molar-refractivity contribution in [1.29, 1.82) is 0 Å². The number of carboxylic acid groups (broad SMARTS) is 1. The third kappa shape index (κ3) is 12.7. The zero-order valence-electron chi connectivity index (χ0n) is 11.7. The van der Waals surface area contributed by atoms with Crippen molar-refractivity contribution in [2.24, 2.45) is 0 Å². The largest absolute Gasteiger partial charge is 0.480 e. The number of urea groups is 1. The molecule has 0 aliphatic heterocycles. The van der Waals surface area contributed by atoms with Gasteiger partial charge in [-0.2, -0.15) is 0 Å². The van der Waals surface area contributed by atoms with Gasteiger partial charge in [0.2, 0.25) is 0 Å². The highest BCUT2D eigenvalue weighted by molar-refractivity contribution is 5.94. The Hall–Kier alpha value is -1.71. The summed E-state index contributed by atoms with van der Waals surface area (Å²) in [5, 5.41) is 12.7. The highest BCUT2D eigenvalue weighted by Crippen LogP contribution is 1.79. The second-order valence-electron chi connectivity index (χ2n) is 4.11. The molecule has 0 saturated heterocycles. The van der Waals surface area contributed by atoms with Gasteiger partial charge < -0.3 is 24.8 Å². The van der Waals surface area contributed by atoms with Gasteiger partial charge in [0.1, 0.15) is 13.2 Å². The van der Waals surface area contributed by atoms with Crippen LogP contribution in [0, 0.1) is 0 Å². The number of aliphatic carboxylic acids is 1. The summed E-state index contributed by atoms with van der Waals surface area (Å²) in [6, 6.07) is -0.676. The lowest BCUT2D eigenvalue weighted by Crippen LogP contribution is -2.42. The highest BCUT2D eigenvalue weighted by Gasteiger charge is 2.08. The standard InChI is InChI=1S/C11H21N3O6/c1-14(2)4-6-19-5-3-12-11(18)13-9(15)7-20-8-10(16)17/h3-8H2,1-2H3,(H,16,17)(H2,12,13,15,18). The van der Waals surface area contributed by atoms with Crippen LogP contribution < -0.4 is 10.6 Å². The van der Waals surface area contributed by atoms with Crippen molar-refractivity contribution in [2.75, 3.05) is 53.6 Å². The molecule has 0 fully saturated rings. The molecule has 0 aromatic carbocycles. The number of likely N-dealkylation sites (N-methyl/N-ethyl adjacent to an activating group) is 1. The van der Waals surface area contributed by atoms with E-state index >= 15 is 0 Å². The van der Waals surface area contributed by atoms with Crippen molar-refractivity contribution in [2.45, 2.75) is 0 Å². The summed E-state index contributed by atoms with van der Waals surface area (Å²) in [7, 11) is 3.85. The number of rotatable bonds is 10. The van der Waals surface area contributed by atoms with Gasteiger partial charge in [-0.3, -0.25) is 10.1 Å². The van der Waals surface area contributed by atoms with Crippen LogP contribution in [-0.2, 0) is 19.1 Å². The molecule has 0 spiro atoms. The Bertz CT molecular complexity index is 321. The molecule has 0 bridgehead atoms. The number of nitrogens with one attached hydrogen (secondary N) is 2. The number of ether oxygens (including phenoxy) is 2. The van der Waals surface area contributed by atoms with E-state index in [1.165, 1.54) is 0 Å². The number of amides is 3. The van der Waals surface area contributed by atoms with Crippen molar-refractivity contribution < 1.29 is 29.0 Å².